The molecule has 2 rings (SSSR count). The highest BCUT2D eigenvalue weighted by Gasteiger charge is 2.15. The van der Waals surface area contributed by atoms with Gasteiger partial charge < -0.3 is 14.6 Å². The molecule has 0 aliphatic carbocycles. The van der Waals surface area contributed by atoms with E-state index in [9.17, 15) is 9.59 Å². The van der Waals surface area contributed by atoms with Crippen LogP contribution in [0.4, 0.5) is 5.69 Å². The second kappa shape index (κ2) is 6.09. The molecule has 0 saturated heterocycles. The predicted molar refractivity (Wildman–Crippen MR) is 81.4 cm³/mol. The number of nitrogens with one attached hydrogen (secondary N) is 1. The maximum absolute atomic E-state index is 12.1. The molecule has 0 atom stereocenters. The van der Waals surface area contributed by atoms with E-state index in [0.717, 1.165) is 5.56 Å². The fraction of sp³-hybridized carbons (Fsp3) is 0.214. The number of aryl methyl sites for hydroxylation is 1. The van der Waals surface area contributed by atoms with Crippen LogP contribution in [0.2, 0.25) is 0 Å². The number of benzene rings is 1. The summed E-state index contributed by atoms with van der Waals surface area (Å²) in [6.07, 6.45) is 1.56. The quantitative estimate of drug-likeness (QED) is 0.862. The number of hydrogen-bond acceptors (Lipinski definition) is 4. The summed E-state index contributed by atoms with van der Waals surface area (Å²) in [5.74, 6) is -0.441. The summed E-state index contributed by atoms with van der Waals surface area (Å²) in [6.45, 7) is 1.78. The van der Waals surface area contributed by atoms with Gasteiger partial charge in [-0.2, -0.15) is 0 Å². The van der Waals surface area contributed by atoms with Gasteiger partial charge in [-0.3, -0.25) is 4.79 Å². The summed E-state index contributed by atoms with van der Waals surface area (Å²) in [5, 5.41) is 2.74. The Kier molecular flexibility index (Phi) is 4.42. The molecule has 0 bridgehead atoms. The van der Waals surface area contributed by atoms with Gasteiger partial charge in [-0.15, -0.1) is 0 Å². The summed E-state index contributed by atoms with van der Waals surface area (Å²) >= 11 is 3.28. The van der Waals surface area contributed by atoms with Gasteiger partial charge in [0.15, 0.2) is 5.82 Å². The number of ether oxygens (including phenoxy) is 1. The van der Waals surface area contributed by atoms with Gasteiger partial charge in [0.1, 0.15) is 4.60 Å². The van der Waals surface area contributed by atoms with Crippen LogP contribution in [0.3, 0.4) is 0 Å². The highest BCUT2D eigenvalue weighted by Crippen LogP contribution is 2.17. The zero-order valence-corrected chi connectivity index (χ0v) is 13.4. The average Bonchev–Trinajstić information content (AvgIpc) is 2.78. The first kappa shape index (κ1) is 15.2. The average molecular weight is 352 g/mol. The van der Waals surface area contributed by atoms with Gasteiger partial charge in [-0.05, 0) is 46.6 Å². The zero-order chi connectivity index (χ0) is 15.6. The van der Waals surface area contributed by atoms with E-state index in [2.05, 4.69) is 31.0 Å². The van der Waals surface area contributed by atoms with Crippen LogP contribution in [-0.4, -0.2) is 28.5 Å². The van der Waals surface area contributed by atoms with E-state index in [-0.39, 0.29) is 11.7 Å². The summed E-state index contributed by atoms with van der Waals surface area (Å²) in [6, 6.07) is 4.97. The monoisotopic (exact) mass is 351 g/mol. The molecule has 0 radical (unpaired) electrons. The first-order chi connectivity index (χ1) is 9.93. The minimum Gasteiger partial charge on any atom is -0.465 e. The van der Waals surface area contributed by atoms with Crippen LogP contribution in [-0.2, 0) is 11.8 Å². The minimum atomic E-state index is -0.404. The highest BCUT2D eigenvalue weighted by molar-refractivity contribution is 9.10. The molecule has 1 aromatic carbocycles. The fourth-order valence-corrected chi connectivity index (χ4v) is 2.14. The molecule has 7 heteroatoms. The Hall–Kier alpha value is -2.15. The number of aromatic nitrogens is 2. The van der Waals surface area contributed by atoms with Crippen LogP contribution in [0.5, 0.6) is 0 Å². The van der Waals surface area contributed by atoms with E-state index in [0.29, 0.717) is 15.9 Å². The number of imidazole rings is 1. The van der Waals surface area contributed by atoms with Crippen molar-refractivity contribution in [2.24, 2.45) is 7.05 Å². The Bertz CT molecular complexity index is 709. The van der Waals surface area contributed by atoms with Gasteiger partial charge in [-0.25, -0.2) is 9.78 Å². The second-order valence-electron chi connectivity index (χ2n) is 4.44. The number of carbonyl (C=O) groups is 2. The van der Waals surface area contributed by atoms with E-state index >= 15 is 0 Å². The molecule has 1 amide bonds. The molecule has 110 valence electrons. The number of rotatable bonds is 3. The van der Waals surface area contributed by atoms with E-state index in [4.69, 9.17) is 0 Å². The van der Waals surface area contributed by atoms with Gasteiger partial charge in [-0.1, -0.05) is 0 Å². The lowest BCUT2D eigenvalue weighted by Crippen LogP contribution is -2.17. The first-order valence-electron chi connectivity index (χ1n) is 6.11. The normalized spacial score (nSPS) is 10.3. The van der Waals surface area contributed by atoms with Gasteiger partial charge in [0.25, 0.3) is 5.91 Å². The lowest BCUT2D eigenvalue weighted by atomic mass is 10.1. The maximum Gasteiger partial charge on any atom is 0.338 e. The summed E-state index contributed by atoms with van der Waals surface area (Å²) in [5.41, 5.74) is 1.78. The molecule has 0 saturated carbocycles. The van der Waals surface area contributed by atoms with E-state index in [1.807, 2.05) is 0 Å². The molecule has 1 N–H and O–H groups in total. The number of nitrogens with zero attached hydrogens (tertiary/aromatic N) is 2. The number of anilines is 1. The van der Waals surface area contributed by atoms with Crippen molar-refractivity contribution in [2.45, 2.75) is 6.92 Å². The molecule has 0 unspecified atom stereocenters. The Labute approximate surface area is 130 Å². The van der Waals surface area contributed by atoms with Crippen LogP contribution >= 0.6 is 15.9 Å². The SMILES string of the molecule is COC(=O)c1ccc(NC(=O)c2ncc(Br)n2C)cc1C. The second-order valence-corrected chi connectivity index (χ2v) is 5.25. The van der Waals surface area contributed by atoms with Gasteiger partial charge in [0, 0.05) is 12.7 Å². The molecular weight excluding hydrogens is 338 g/mol. The maximum atomic E-state index is 12.1. The van der Waals surface area contributed by atoms with E-state index in [1.54, 1.807) is 42.9 Å². The van der Waals surface area contributed by atoms with Crippen molar-refractivity contribution in [1.29, 1.82) is 0 Å². The lowest BCUT2D eigenvalue weighted by Gasteiger charge is -2.09. The molecule has 0 aliphatic heterocycles. The molecule has 0 aliphatic rings. The molecule has 1 aromatic heterocycles. The number of amides is 1. The minimum absolute atomic E-state index is 0.288. The van der Waals surface area contributed by atoms with E-state index in [1.165, 1.54) is 7.11 Å². The molecule has 0 spiro atoms. The Morgan fingerprint density at radius 2 is 2.10 bits per heavy atom. The van der Waals surface area contributed by atoms with E-state index < -0.39 is 5.97 Å². The smallest absolute Gasteiger partial charge is 0.338 e. The third kappa shape index (κ3) is 3.13. The Morgan fingerprint density at radius 3 is 2.62 bits per heavy atom. The zero-order valence-electron chi connectivity index (χ0n) is 11.8. The number of esters is 1. The number of halogens is 1. The molecule has 2 aromatic rings. The molecular formula is C14H14BrN3O3. The lowest BCUT2D eigenvalue weighted by molar-refractivity contribution is 0.0600. The van der Waals surface area contributed by atoms with Crippen molar-refractivity contribution >= 4 is 33.5 Å². The summed E-state index contributed by atoms with van der Waals surface area (Å²) in [7, 11) is 3.06. The van der Waals surface area contributed by atoms with Crippen molar-refractivity contribution in [3.05, 3.63) is 46.0 Å². The van der Waals surface area contributed by atoms with Gasteiger partial charge >= 0.3 is 5.97 Å². The Morgan fingerprint density at radius 1 is 1.38 bits per heavy atom. The van der Waals surface area contributed by atoms with Crippen molar-refractivity contribution in [1.82, 2.24) is 9.55 Å². The van der Waals surface area contributed by atoms with Crippen molar-refractivity contribution in [3.8, 4) is 0 Å². The van der Waals surface area contributed by atoms with Crippen LogP contribution in [0.1, 0.15) is 26.5 Å². The number of methoxy groups -OCH3 is 1. The van der Waals surface area contributed by atoms with Gasteiger partial charge in [0.2, 0.25) is 0 Å². The van der Waals surface area contributed by atoms with Crippen LogP contribution in [0, 0.1) is 6.92 Å². The Balaban J connectivity index is 2.21. The molecule has 0 fully saturated rings. The van der Waals surface area contributed by atoms with Crippen LogP contribution in [0.25, 0.3) is 0 Å². The molecule has 1 heterocycles. The summed E-state index contributed by atoms with van der Waals surface area (Å²) < 4.78 is 7.02. The standard InChI is InChI=1S/C14H14BrN3O3/c1-8-6-9(4-5-10(8)14(20)21-3)17-13(19)12-16-7-11(15)18(12)2/h4-7H,1-3H3,(H,17,19). The van der Waals surface area contributed by atoms with Gasteiger partial charge in [0.05, 0.1) is 18.9 Å². The third-order valence-corrected chi connectivity index (χ3v) is 3.76. The van der Waals surface area contributed by atoms with Crippen LogP contribution in [0.15, 0.2) is 29.0 Å². The predicted octanol–water partition coefficient (Wildman–Crippen LogP) is 2.53. The van der Waals surface area contributed by atoms with Crippen LogP contribution < -0.4 is 5.32 Å². The topological polar surface area (TPSA) is 73.2 Å². The van der Waals surface area contributed by atoms with Crippen molar-refractivity contribution < 1.29 is 14.3 Å². The summed E-state index contributed by atoms with van der Waals surface area (Å²) in [4.78, 5) is 27.7. The fourth-order valence-electron chi connectivity index (χ4n) is 1.87. The molecule has 21 heavy (non-hydrogen) atoms. The highest BCUT2D eigenvalue weighted by atomic mass is 79.9. The first-order valence-corrected chi connectivity index (χ1v) is 6.91. The molecule has 6 nitrogen and oxygen atoms in total. The van der Waals surface area contributed by atoms with Crippen molar-refractivity contribution in [2.75, 3.05) is 12.4 Å². The number of hydrogen-bond donors (Lipinski definition) is 1. The number of carbonyl (C=O) groups excluding carboxylic acids is 2. The largest absolute Gasteiger partial charge is 0.465 e. The third-order valence-electron chi connectivity index (χ3n) is 3.02. The van der Waals surface area contributed by atoms with Crippen molar-refractivity contribution in [3.63, 3.8) is 0 Å².